The van der Waals surface area contributed by atoms with Gasteiger partial charge >= 0.3 is 0 Å². The summed E-state index contributed by atoms with van der Waals surface area (Å²) >= 11 is 7.37. The molecule has 0 bridgehead atoms. The van der Waals surface area contributed by atoms with Crippen molar-refractivity contribution in [3.63, 3.8) is 0 Å². The molecule has 7 heteroatoms. The summed E-state index contributed by atoms with van der Waals surface area (Å²) in [6, 6.07) is 17.3. The van der Waals surface area contributed by atoms with E-state index in [-0.39, 0.29) is 17.2 Å². The van der Waals surface area contributed by atoms with E-state index < -0.39 is 0 Å². The van der Waals surface area contributed by atoms with E-state index in [0.717, 1.165) is 11.3 Å². The Balaban J connectivity index is 1.92. The summed E-state index contributed by atoms with van der Waals surface area (Å²) in [5, 5.41) is 13.0. The topological polar surface area (TPSA) is 59.8 Å². The molecule has 1 amide bonds. The Hall–Kier alpha value is -2.31. The molecule has 3 rings (SSSR count). The Morgan fingerprint density at radius 1 is 1.07 bits per heavy atom. The van der Waals surface area contributed by atoms with Gasteiger partial charge in [0.15, 0.2) is 11.0 Å². The number of carbonyl (C=O) groups is 1. The Bertz CT molecular complexity index is 917. The van der Waals surface area contributed by atoms with Gasteiger partial charge in [-0.1, -0.05) is 41.6 Å². The largest absolute Gasteiger partial charge is 0.351 e. The predicted octanol–water partition coefficient (Wildman–Crippen LogP) is 4.59. The van der Waals surface area contributed by atoms with Gasteiger partial charge in [-0.25, -0.2) is 0 Å². The normalized spacial score (nSPS) is 11.4. The molecule has 0 fully saturated rings. The number of thioether (sulfide) groups is 1. The third kappa shape index (κ3) is 5.11. The number of aromatic nitrogens is 3. The van der Waals surface area contributed by atoms with Gasteiger partial charge in [-0.3, -0.25) is 9.36 Å². The third-order valence-electron chi connectivity index (χ3n) is 3.60. The highest BCUT2D eigenvalue weighted by Gasteiger charge is 2.19. The third-order valence-corrected chi connectivity index (χ3v) is 4.78. The van der Waals surface area contributed by atoms with Gasteiger partial charge in [0.1, 0.15) is 0 Å². The number of carbonyl (C=O) groups excluding carboxylic acids is 1. The zero-order chi connectivity index (χ0) is 19.4. The van der Waals surface area contributed by atoms with Crippen LogP contribution in [0.1, 0.15) is 20.8 Å². The molecule has 0 spiro atoms. The van der Waals surface area contributed by atoms with Crippen molar-refractivity contribution in [2.24, 2.45) is 0 Å². The molecule has 0 unspecified atom stereocenters. The van der Waals surface area contributed by atoms with Crippen molar-refractivity contribution in [3.05, 3.63) is 59.6 Å². The summed E-state index contributed by atoms with van der Waals surface area (Å²) in [7, 11) is 0. The maximum atomic E-state index is 12.2. The van der Waals surface area contributed by atoms with Crippen LogP contribution in [0.15, 0.2) is 59.8 Å². The first kappa shape index (κ1) is 19.5. The summed E-state index contributed by atoms with van der Waals surface area (Å²) < 4.78 is 1.96. The number of halogens is 1. The minimum absolute atomic E-state index is 0.0387. The van der Waals surface area contributed by atoms with Crippen LogP contribution in [0.3, 0.4) is 0 Å². The van der Waals surface area contributed by atoms with E-state index in [0.29, 0.717) is 16.0 Å². The van der Waals surface area contributed by atoms with Crippen LogP contribution >= 0.6 is 23.4 Å². The number of rotatable bonds is 5. The fraction of sp³-hybridized carbons (Fsp3) is 0.250. The summed E-state index contributed by atoms with van der Waals surface area (Å²) in [6.07, 6.45) is 0. The molecule has 2 aromatic carbocycles. The molecule has 0 aliphatic carbocycles. The number of amides is 1. The van der Waals surface area contributed by atoms with Crippen molar-refractivity contribution in [2.45, 2.75) is 31.5 Å². The van der Waals surface area contributed by atoms with Gasteiger partial charge in [0.25, 0.3) is 0 Å². The molecule has 27 heavy (non-hydrogen) atoms. The van der Waals surface area contributed by atoms with Gasteiger partial charge in [0.05, 0.1) is 5.75 Å². The lowest BCUT2D eigenvalue weighted by atomic mass is 10.1. The standard InChI is InChI=1S/C20H21ClN4OS/c1-20(2,3)22-17(26)13-27-19-24-23-18(14-9-11-15(21)12-10-14)25(19)16-7-5-4-6-8-16/h4-12H,13H2,1-3H3,(H,22,26). The van der Waals surface area contributed by atoms with Crippen LogP contribution in [0.4, 0.5) is 0 Å². The number of benzene rings is 2. The number of nitrogens with one attached hydrogen (secondary N) is 1. The second kappa shape index (κ2) is 8.15. The summed E-state index contributed by atoms with van der Waals surface area (Å²) in [5.41, 5.74) is 1.58. The maximum absolute atomic E-state index is 12.2. The molecule has 140 valence electrons. The average Bonchev–Trinajstić information content (AvgIpc) is 3.04. The van der Waals surface area contributed by atoms with Gasteiger partial charge in [0, 0.05) is 21.8 Å². The number of hydrogen-bond acceptors (Lipinski definition) is 4. The molecular weight excluding hydrogens is 380 g/mol. The maximum Gasteiger partial charge on any atom is 0.230 e. The molecular formula is C20H21ClN4OS. The van der Waals surface area contributed by atoms with Crippen molar-refractivity contribution in [3.8, 4) is 17.1 Å². The Morgan fingerprint density at radius 2 is 1.74 bits per heavy atom. The van der Waals surface area contributed by atoms with Crippen molar-refractivity contribution < 1.29 is 4.79 Å². The highest BCUT2D eigenvalue weighted by molar-refractivity contribution is 7.99. The molecule has 0 aliphatic rings. The predicted molar refractivity (Wildman–Crippen MR) is 110 cm³/mol. The average molecular weight is 401 g/mol. The van der Waals surface area contributed by atoms with E-state index >= 15 is 0 Å². The van der Waals surface area contributed by atoms with E-state index in [1.54, 1.807) is 0 Å². The summed E-state index contributed by atoms with van der Waals surface area (Å²) in [5.74, 6) is 0.933. The van der Waals surface area contributed by atoms with Crippen molar-refractivity contribution in [1.29, 1.82) is 0 Å². The second-order valence-electron chi connectivity index (χ2n) is 7.07. The fourth-order valence-corrected chi connectivity index (χ4v) is 3.42. The lowest BCUT2D eigenvalue weighted by Crippen LogP contribution is -2.41. The molecule has 0 saturated heterocycles. The number of hydrogen-bond donors (Lipinski definition) is 1. The zero-order valence-corrected chi connectivity index (χ0v) is 17.0. The second-order valence-corrected chi connectivity index (χ2v) is 8.45. The molecule has 1 aromatic heterocycles. The van der Waals surface area contributed by atoms with Gasteiger partial charge in [0.2, 0.25) is 5.91 Å². The van der Waals surface area contributed by atoms with Crippen LogP contribution in [0.5, 0.6) is 0 Å². The Kier molecular flexibility index (Phi) is 5.87. The minimum atomic E-state index is -0.265. The lowest BCUT2D eigenvalue weighted by Gasteiger charge is -2.20. The monoisotopic (exact) mass is 400 g/mol. The molecule has 3 aromatic rings. The van der Waals surface area contributed by atoms with Crippen molar-refractivity contribution >= 4 is 29.3 Å². The first-order valence-electron chi connectivity index (χ1n) is 8.54. The minimum Gasteiger partial charge on any atom is -0.351 e. The van der Waals surface area contributed by atoms with Crippen LogP contribution in [0.25, 0.3) is 17.1 Å². The fourth-order valence-electron chi connectivity index (χ4n) is 2.54. The van der Waals surface area contributed by atoms with Gasteiger partial charge in [-0.05, 0) is 57.2 Å². The quantitative estimate of drug-likeness (QED) is 0.636. The van der Waals surface area contributed by atoms with Gasteiger partial charge in [-0.2, -0.15) is 0 Å². The van der Waals surface area contributed by atoms with E-state index in [1.165, 1.54) is 11.8 Å². The molecule has 0 atom stereocenters. The Labute approximate surface area is 168 Å². The Morgan fingerprint density at radius 3 is 2.37 bits per heavy atom. The number of para-hydroxylation sites is 1. The smallest absolute Gasteiger partial charge is 0.230 e. The SMILES string of the molecule is CC(C)(C)NC(=O)CSc1nnc(-c2ccc(Cl)cc2)n1-c1ccccc1. The highest BCUT2D eigenvalue weighted by Crippen LogP contribution is 2.28. The van der Waals surface area contributed by atoms with E-state index in [9.17, 15) is 4.79 Å². The van der Waals surface area contributed by atoms with Crippen LogP contribution < -0.4 is 5.32 Å². The highest BCUT2D eigenvalue weighted by atomic mass is 35.5. The van der Waals surface area contributed by atoms with Crippen molar-refractivity contribution in [2.75, 3.05) is 5.75 Å². The molecule has 0 saturated carbocycles. The van der Waals surface area contributed by atoms with Gasteiger partial charge < -0.3 is 5.32 Å². The van der Waals surface area contributed by atoms with E-state index in [2.05, 4.69) is 15.5 Å². The van der Waals surface area contributed by atoms with Crippen LogP contribution in [-0.4, -0.2) is 32.0 Å². The zero-order valence-electron chi connectivity index (χ0n) is 15.4. The lowest BCUT2D eigenvalue weighted by molar-refractivity contribution is -0.119. The first-order valence-corrected chi connectivity index (χ1v) is 9.90. The van der Waals surface area contributed by atoms with Crippen molar-refractivity contribution in [1.82, 2.24) is 20.1 Å². The summed E-state index contributed by atoms with van der Waals surface area (Å²) in [6.45, 7) is 5.88. The van der Waals surface area contributed by atoms with Crippen LogP contribution in [-0.2, 0) is 4.79 Å². The number of nitrogens with zero attached hydrogens (tertiary/aromatic N) is 3. The van der Waals surface area contributed by atoms with Crippen LogP contribution in [0, 0.1) is 0 Å². The summed E-state index contributed by atoms with van der Waals surface area (Å²) in [4.78, 5) is 12.2. The van der Waals surface area contributed by atoms with E-state index in [4.69, 9.17) is 11.6 Å². The van der Waals surface area contributed by atoms with E-state index in [1.807, 2.05) is 79.9 Å². The van der Waals surface area contributed by atoms with Crippen LogP contribution in [0.2, 0.25) is 5.02 Å². The first-order chi connectivity index (χ1) is 12.8. The molecule has 1 N–H and O–H groups in total. The molecule has 0 radical (unpaired) electrons. The molecule has 1 heterocycles. The molecule has 5 nitrogen and oxygen atoms in total. The van der Waals surface area contributed by atoms with Gasteiger partial charge in [-0.15, -0.1) is 10.2 Å². The molecule has 0 aliphatic heterocycles.